The molecule has 0 amide bonds. The van der Waals surface area contributed by atoms with Crippen molar-refractivity contribution in [3.8, 4) is 22.8 Å². The van der Waals surface area contributed by atoms with E-state index in [1.807, 2.05) is 6.07 Å². The van der Waals surface area contributed by atoms with Gasteiger partial charge in [-0.2, -0.15) is 0 Å². The first kappa shape index (κ1) is 27.3. The number of hydrogen-bond acceptors (Lipinski definition) is 4. The molecule has 222 valence electrons. The lowest BCUT2D eigenvalue weighted by atomic mass is 9.98. The van der Waals surface area contributed by atoms with Gasteiger partial charge in [-0.05, 0) is 99.7 Å². The molecule has 0 unspecified atom stereocenters. The molecule has 0 bridgehead atoms. The van der Waals surface area contributed by atoms with Crippen LogP contribution in [0.4, 0.5) is 17.1 Å². The number of fused-ring (bicyclic) bond motifs is 7. The summed E-state index contributed by atoms with van der Waals surface area (Å²) in [4.78, 5) is 10.1. The molecule has 7 aromatic rings. The molecular weight excluding hydrogens is 552 g/mol. The van der Waals surface area contributed by atoms with Gasteiger partial charge < -0.3 is 14.5 Å². The largest absolute Gasteiger partial charge is 0.457 e. The Hall–Kier alpha value is -5.29. The molecule has 0 aliphatic carbocycles. The third-order valence-electron chi connectivity index (χ3n) is 9.09. The van der Waals surface area contributed by atoms with E-state index in [9.17, 15) is 0 Å². The minimum absolute atomic E-state index is 0.406. The van der Waals surface area contributed by atoms with Crippen molar-refractivity contribution in [2.45, 2.75) is 40.7 Å². The van der Waals surface area contributed by atoms with Crippen molar-refractivity contribution in [3.05, 3.63) is 126 Å². The number of nitrogens with zero attached hydrogens (tertiary/aromatic N) is 4. The topological polar surface area (TPSA) is 33.0 Å². The maximum atomic E-state index is 6.58. The van der Waals surface area contributed by atoms with E-state index in [4.69, 9.17) is 9.72 Å². The Morgan fingerprint density at radius 3 is 2.22 bits per heavy atom. The lowest BCUT2D eigenvalue weighted by molar-refractivity contribution is 0.483. The molecule has 0 saturated heterocycles. The van der Waals surface area contributed by atoms with Crippen molar-refractivity contribution < 1.29 is 4.74 Å². The molecule has 8 rings (SSSR count). The van der Waals surface area contributed by atoms with Crippen LogP contribution >= 0.6 is 0 Å². The maximum Gasteiger partial charge on any atom is 0.146 e. The minimum atomic E-state index is 0.406. The molecule has 1 aliphatic heterocycles. The zero-order valence-electron chi connectivity index (χ0n) is 26.4. The molecule has 0 N–H and O–H groups in total. The molecule has 0 spiro atoms. The van der Waals surface area contributed by atoms with E-state index in [0.717, 1.165) is 51.5 Å². The summed E-state index contributed by atoms with van der Waals surface area (Å²) in [6.07, 6.45) is 2.19. The van der Waals surface area contributed by atoms with Crippen LogP contribution in [0.2, 0.25) is 0 Å². The fraction of sp³-hybridized carbons (Fsp3) is 0.175. The van der Waals surface area contributed by atoms with Crippen molar-refractivity contribution in [1.29, 1.82) is 0 Å². The predicted molar refractivity (Wildman–Crippen MR) is 187 cm³/mol. The number of rotatable bonds is 5. The third kappa shape index (κ3) is 4.50. The van der Waals surface area contributed by atoms with Gasteiger partial charge in [0.25, 0.3) is 0 Å². The van der Waals surface area contributed by atoms with Crippen molar-refractivity contribution >= 4 is 44.4 Å². The van der Waals surface area contributed by atoms with Gasteiger partial charge in [0.05, 0.1) is 29.3 Å². The summed E-state index contributed by atoms with van der Waals surface area (Å²) in [5, 5.41) is 3.42. The first-order chi connectivity index (χ1) is 21.9. The molecule has 5 nitrogen and oxygen atoms in total. The number of hydrogen-bond donors (Lipinski definition) is 0. The van der Waals surface area contributed by atoms with Crippen LogP contribution in [0.1, 0.15) is 30.5 Å². The number of aromatic nitrogens is 2. The van der Waals surface area contributed by atoms with Gasteiger partial charge in [0.2, 0.25) is 0 Å². The van der Waals surface area contributed by atoms with Crippen LogP contribution in [-0.2, 0) is 0 Å². The van der Waals surface area contributed by atoms with Crippen molar-refractivity contribution in [3.63, 3.8) is 0 Å². The molecule has 0 radical (unpaired) electrons. The Morgan fingerprint density at radius 1 is 0.689 bits per heavy atom. The molecule has 5 heteroatoms. The zero-order chi connectivity index (χ0) is 30.8. The average molecular weight is 589 g/mol. The second-order valence-electron chi connectivity index (χ2n) is 12.5. The summed E-state index contributed by atoms with van der Waals surface area (Å²) in [6.45, 7) is 11.8. The van der Waals surface area contributed by atoms with Gasteiger partial charge in [-0.25, -0.2) is 4.98 Å². The van der Waals surface area contributed by atoms with Crippen molar-refractivity contribution in [2.75, 3.05) is 16.5 Å². The summed E-state index contributed by atoms with van der Waals surface area (Å²) in [7, 11) is 0. The van der Waals surface area contributed by atoms with Gasteiger partial charge in [0.1, 0.15) is 17.1 Å². The SMILES string of the molecule is Cc1cc(C)c(-c2cn3c4ccccc4c4ccc(Oc5cccc(N6CN(C(C)C)c7ccccc76)c5)cc4c3n2)c(C)c1. The molecule has 0 atom stereocenters. The Kier molecular flexibility index (Phi) is 6.31. The first-order valence-corrected chi connectivity index (χ1v) is 15.7. The summed E-state index contributed by atoms with van der Waals surface area (Å²) in [5.41, 5.74) is 11.6. The number of imidazole rings is 1. The van der Waals surface area contributed by atoms with Crippen molar-refractivity contribution in [2.24, 2.45) is 0 Å². The number of aryl methyl sites for hydroxylation is 3. The van der Waals surface area contributed by atoms with E-state index in [0.29, 0.717) is 6.04 Å². The van der Waals surface area contributed by atoms with Crippen LogP contribution in [0.25, 0.3) is 38.6 Å². The molecule has 45 heavy (non-hydrogen) atoms. The van der Waals surface area contributed by atoms with Crippen molar-refractivity contribution in [1.82, 2.24) is 9.38 Å². The van der Waals surface area contributed by atoms with Gasteiger partial charge in [-0.3, -0.25) is 4.40 Å². The van der Waals surface area contributed by atoms with Crippen LogP contribution in [0.5, 0.6) is 11.5 Å². The number of pyridine rings is 1. The molecular formula is C40H36N4O. The highest BCUT2D eigenvalue weighted by Crippen LogP contribution is 2.43. The molecule has 3 heterocycles. The quantitative estimate of drug-likeness (QED) is 0.187. The number of benzene rings is 5. The molecule has 2 aromatic heterocycles. The number of anilines is 3. The third-order valence-corrected chi connectivity index (χ3v) is 9.09. The van der Waals surface area contributed by atoms with Crippen LogP contribution in [0, 0.1) is 20.8 Å². The van der Waals surface area contributed by atoms with Gasteiger partial charge >= 0.3 is 0 Å². The minimum Gasteiger partial charge on any atom is -0.457 e. The van der Waals surface area contributed by atoms with Crippen LogP contribution in [0.15, 0.2) is 109 Å². The van der Waals surface area contributed by atoms with Crippen LogP contribution < -0.4 is 14.5 Å². The van der Waals surface area contributed by atoms with E-state index in [1.165, 1.54) is 39.0 Å². The van der Waals surface area contributed by atoms with E-state index < -0.39 is 0 Å². The lowest BCUT2D eigenvalue weighted by Crippen LogP contribution is -2.33. The van der Waals surface area contributed by atoms with E-state index in [-0.39, 0.29) is 0 Å². The standard InChI is InChI=1S/C40H36N4O/c1-25(2)43-24-44(38-16-9-8-15-37(38)43)29-11-10-12-30(21-29)45-31-17-18-32-33-13-6-7-14-36(33)42-23-35(41-40(42)34(32)22-31)39-27(4)19-26(3)20-28(39)5/h6-23,25H,24H2,1-5H3. The normalized spacial score (nSPS) is 13.0. The smallest absolute Gasteiger partial charge is 0.146 e. The van der Waals surface area contributed by atoms with Crippen LogP contribution in [0.3, 0.4) is 0 Å². The van der Waals surface area contributed by atoms with Gasteiger partial charge in [0, 0.05) is 40.3 Å². The fourth-order valence-electron chi connectivity index (χ4n) is 7.13. The molecule has 0 fully saturated rings. The molecule has 5 aromatic carbocycles. The number of ether oxygens (including phenoxy) is 1. The highest BCUT2D eigenvalue weighted by Gasteiger charge is 2.28. The molecule has 0 saturated carbocycles. The Morgan fingerprint density at radius 2 is 1.42 bits per heavy atom. The predicted octanol–water partition coefficient (Wildman–Crippen LogP) is 10.3. The highest BCUT2D eigenvalue weighted by molar-refractivity contribution is 6.12. The second-order valence-corrected chi connectivity index (χ2v) is 12.5. The average Bonchev–Trinajstić information content (AvgIpc) is 3.64. The summed E-state index contributed by atoms with van der Waals surface area (Å²) in [5.74, 6) is 1.59. The van der Waals surface area contributed by atoms with Gasteiger partial charge in [-0.1, -0.05) is 54.1 Å². The number of para-hydroxylation sites is 3. The zero-order valence-corrected chi connectivity index (χ0v) is 26.4. The van der Waals surface area contributed by atoms with E-state index in [1.54, 1.807) is 0 Å². The molecule has 1 aliphatic rings. The first-order valence-electron chi connectivity index (χ1n) is 15.7. The van der Waals surface area contributed by atoms with E-state index in [2.05, 4.69) is 152 Å². The summed E-state index contributed by atoms with van der Waals surface area (Å²) in [6, 6.07) is 36.9. The highest BCUT2D eigenvalue weighted by atomic mass is 16.5. The van der Waals surface area contributed by atoms with Crippen LogP contribution in [-0.4, -0.2) is 22.1 Å². The van der Waals surface area contributed by atoms with E-state index >= 15 is 0 Å². The summed E-state index contributed by atoms with van der Waals surface area (Å²) < 4.78 is 8.81. The Bertz CT molecular complexity index is 2240. The van der Waals surface area contributed by atoms with Gasteiger partial charge in [-0.15, -0.1) is 0 Å². The maximum absolute atomic E-state index is 6.58. The lowest BCUT2D eigenvalue weighted by Gasteiger charge is -2.25. The fourth-order valence-corrected chi connectivity index (χ4v) is 7.13. The Balaban J connectivity index is 1.22. The monoisotopic (exact) mass is 588 g/mol. The van der Waals surface area contributed by atoms with Gasteiger partial charge in [0.15, 0.2) is 0 Å². The Labute approximate surface area is 263 Å². The second kappa shape index (κ2) is 10.4. The summed E-state index contributed by atoms with van der Waals surface area (Å²) >= 11 is 0.